The van der Waals surface area contributed by atoms with Crippen molar-refractivity contribution in [2.75, 3.05) is 10.6 Å². The first-order valence-electron chi connectivity index (χ1n) is 7.72. The van der Waals surface area contributed by atoms with Crippen LogP contribution in [0.3, 0.4) is 0 Å². The van der Waals surface area contributed by atoms with Crippen LogP contribution in [0.25, 0.3) is 5.69 Å². The smallest absolute Gasteiger partial charge is 0.276 e. The molecule has 7 heteroatoms. The lowest BCUT2D eigenvalue weighted by Gasteiger charge is -2.08. The van der Waals surface area contributed by atoms with Crippen LogP contribution in [0.1, 0.15) is 10.5 Å². The maximum atomic E-state index is 13.7. The molecule has 3 rings (SSSR count). The van der Waals surface area contributed by atoms with Gasteiger partial charge in [0.05, 0.1) is 11.4 Å². The third kappa shape index (κ3) is 3.84. The number of benzene rings is 2. The van der Waals surface area contributed by atoms with Gasteiger partial charge in [-0.3, -0.25) is 9.59 Å². The van der Waals surface area contributed by atoms with Crippen molar-refractivity contribution in [1.29, 1.82) is 0 Å². The van der Waals surface area contributed by atoms with Crippen molar-refractivity contribution in [2.45, 2.75) is 0 Å². The predicted octanol–water partition coefficient (Wildman–Crippen LogP) is 3.39. The molecule has 1 heterocycles. The second kappa shape index (κ2) is 7.43. The van der Waals surface area contributed by atoms with E-state index in [4.69, 9.17) is 0 Å². The molecule has 0 atom stereocenters. The van der Waals surface area contributed by atoms with E-state index >= 15 is 0 Å². The van der Waals surface area contributed by atoms with E-state index in [1.54, 1.807) is 16.9 Å². The molecule has 0 aliphatic rings. The highest BCUT2D eigenvalue weighted by atomic mass is 19.1. The lowest BCUT2D eigenvalue weighted by molar-refractivity contribution is -0.111. The van der Waals surface area contributed by atoms with Crippen LogP contribution in [0.2, 0.25) is 0 Å². The fourth-order valence-electron chi connectivity index (χ4n) is 2.25. The molecule has 0 aliphatic carbocycles. The van der Waals surface area contributed by atoms with Crippen LogP contribution in [0.15, 0.2) is 73.4 Å². The molecule has 0 bridgehead atoms. The average Bonchev–Trinajstić information content (AvgIpc) is 3.15. The Kier molecular flexibility index (Phi) is 4.89. The Balaban J connectivity index is 1.76. The van der Waals surface area contributed by atoms with Crippen molar-refractivity contribution in [3.8, 4) is 5.69 Å². The molecule has 2 aromatic carbocycles. The zero-order valence-electron chi connectivity index (χ0n) is 13.6. The van der Waals surface area contributed by atoms with E-state index in [1.165, 1.54) is 12.1 Å². The van der Waals surface area contributed by atoms with Crippen LogP contribution >= 0.6 is 0 Å². The lowest BCUT2D eigenvalue weighted by Crippen LogP contribution is -2.14. The summed E-state index contributed by atoms with van der Waals surface area (Å²) in [5, 5.41) is 9.18. The van der Waals surface area contributed by atoms with Crippen LogP contribution < -0.4 is 10.6 Å². The highest BCUT2D eigenvalue weighted by Gasteiger charge is 2.12. The molecule has 0 spiro atoms. The predicted molar refractivity (Wildman–Crippen MR) is 96.7 cm³/mol. The van der Waals surface area contributed by atoms with Gasteiger partial charge in [0.2, 0.25) is 5.91 Å². The van der Waals surface area contributed by atoms with E-state index in [1.807, 2.05) is 30.3 Å². The highest BCUT2D eigenvalue weighted by Crippen LogP contribution is 2.20. The number of hydrogen-bond donors (Lipinski definition) is 2. The Hall–Kier alpha value is -3.74. The van der Waals surface area contributed by atoms with Gasteiger partial charge in [-0.15, -0.1) is 0 Å². The highest BCUT2D eigenvalue weighted by molar-refractivity contribution is 6.04. The Morgan fingerprint density at radius 1 is 1.08 bits per heavy atom. The molecule has 3 aromatic rings. The molecular weight excluding hydrogens is 335 g/mol. The third-order valence-electron chi connectivity index (χ3n) is 3.51. The zero-order chi connectivity index (χ0) is 18.5. The number of rotatable bonds is 5. The van der Waals surface area contributed by atoms with Crippen molar-refractivity contribution < 1.29 is 14.0 Å². The van der Waals surface area contributed by atoms with Gasteiger partial charge in [-0.2, -0.15) is 5.10 Å². The van der Waals surface area contributed by atoms with Gasteiger partial charge in [-0.25, -0.2) is 9.07 Å². The maximum Gasteiger partial charge on any atom is 0.276 e. The molecule has 0 aliphatic heterocycles. The van der Waals surface area contributed by atoms with Gasteiger partial charge in [-0.05, 0) is 42.5 Å². The maximum absolute atomic E-state index is 13.7. The van der Waals surface area contributed by atoms with E-state index in [-0.39, 0.29) is 11.4 Å². The molecule has 6 nitrogen and oxygen atoms in total. The molecule has 1 aromatic heterocycles. The minimum atomic E-state index is -0.619. The molecule has 0 fully saturated rings. The monoisotopic (exact) mass is 350 g/mol. The van der Waals surface area contributed by atoms with Crippen molar-refractivity contribution in [1.82, 2.24) is 9.78 Å². The number of aromatic nitrogens is 2. The summed E-state index contributed by atoms with van der Waals surface area (Å²) in [6, 6.07) is 14.8. The summed E-state index contributed by atoms with van der Waals surface area (Å²) in [5.74, 6) is -1.62. The van der Waals surface area contributed by atoms with Crippen LogP contribution in [0, 0.1) is 5.82 Å². The number of nitrogens with one attached hydrogen (secondary N) is 2. The summed E-state index contributed by atoms with van der Waals surface area (Å²) in [5.41, 5.74) is 1.30. The fourth-order valence-corrected chi connectivity index (χ4v) is 2.25. The van der Waals surface area contributed by atoms with E-state index in [9.17, 15) is 14.0 Å². The summed E-state index contributed by atoms with van der Waals surface area (Å²) in [4.78, 5) is 23.7. The number of para-hydroxylation sites is 1. The molecule has 0 radical (unpaired) electrons. The summed E-state index contributed by atoms with van der Waals surface area (Å²) in [7, 11) is 0. The van der Waals surface area contributed by atoms with Gasteiger partial charge in [0.15, 0.2) is 5.69 Å². The first-order valence-corrected chi connectivity index (χ1v) is 7.72. The summed E-state index contributed by atoms with van der Waals surface area (Å²) >= 11 is 0. The topological polar surface area (TPSA) is 76.0 Å². The summed E-state index contributed by atoms with van der Waals surface area (Å²) in [6.07, 6.45) is 2.70. The SMILES string of the molecule is C=CC(=O)Nc1cc(NC(=O)c2ccn(-c3ccccc3)n2)ccc1F. The van der Waals surface area contributed by atoms with Gasteiger partial charge < -0.3 is 10.6 Å². The van der Waals surface area contributed by atoms with Crippen LogP contribution in [0.4, 0.5) is 15.8 Å². The Morgan fingerprint density at radius 2 is 1.85 bits per heavy atom. The van der Waals surface area contributed by atoms with Gasteiger partial charge in [0.25, 0.3) is 5.91 Å². The standard InChI is InChI=1S/C19H15FN4O2/c1-2-18(25)22-17-12-13(8-9-15(17)20)21-19(26)16-10-11-24(23-16)14-6-4-3-5-7-14/h2-12H,1H2,(H,21,26)(H,22,25). The van der Waals surface area contributed by atoms with Gasteiger partial charge >= 0.3 is 0 Å². The Morgan fingerprint density at radius 3 is 2.58 bits per heavy atom. The second-order valence-corrected chi connectivity index (χ2v) is 5.32. The van der Waals surface area contributed by atoms with Gasteiger partial charge in [0.1, 0.15) is 5.82 Å². The first kappa shape index (κ1) is 17.1. The minimum Gasteiger partial charge on any atom is -0.321 e. The molecule has 0 unspecified atom stereocenters. The fraction of sp³-hybridized carbons (Fsp3) is 0. The van der Waals surface area contributed by atoms with Crippen LogP contribution in [-0.4, -0.2) is 21.6 Å². The van der Waals surface area contributed by atoms with E-state index in [2.05, 4.69) is 22.3 Å². The number of carbonyl (C=O) groups excluding carboxylic acids is 2. The van der Waals surface area contributed by atoms with Crippen molar-refractivity contribution >= 4 is 23.2 Å². The minimum absolute atomic E-state index is 0.0532. The average molecular weight is 350 g/mol. The van der Waals surface area contributed by atoms with Gasteiger partial charge in [-0.1, -0.05) is 24.8 Å². The first-order chi connectivity index (χ1) is 12.6. The summed E-state index contributed by atoms with van der Waals surface area (Å²) < 4.78 is 15.3. The molecule has 2 amide bonds. The van der Waals surface area contributed by atoms with E-state index in [0.717, 1.165) is 17.8 Å². The molecule has 130 valence electrons. The van der Waals surface area contributed by atoms with E-state index in [0.29, 0.717) is 5.69 Å². The molecule has 26 heavy (non-hydrogen) atoms. The molecular formula is C19H15FN4O2. The normalized spacial score (nSPS) is 10.2. The zero-order valence-corrected chi connectivity index (χ0v) is 13.6. The number of nitrogens with zero attached hydrogens (tertiary/aromatic N) is 2. The van der Waals surface area contributed by atoms with Crippen molar-refractivity contribution in [2.24, 2.45) is 0 Å². The van der Waals surface area contributed by atoms with Crippen LogP contribution in [0.5, 0.6) is 0 Å². The number of carbonyl (C=O) groups is 2. The third-order valence-corrected chi connectivity index (χ3v) is 3.51. The number of halogens is 1. The second-order valence-electron chi connectivity index (χ2n) is 5.32. The Bertz CT molecular complexity index is 967. The quantitative estimate of drug-likeness (QED) is 0.693. The Labute approximate surface area is 149 Å². The van der Waals surface area contributed by atoms with Gasteiger partial charge in [0, 0.05) is 11.9 Å². The number of hydrogen-bond acceptors (Lipinski definition) is 3. The number of amides is 2. The molecule has 0 saturated carbocycles. The van der Waals surface area contributed by atoms with Crippen molar-refractivity contribution in [3.63, 3.8) is 0 Å². The lowest BCUT2D eigenvalue weighted by atomic mass is 10.2. The molecule has 0 saturated heterocycles. The summed E-state index contributed by atoms with van der Waals surface area (Å²) in [6.45, 7) is 3.31. The largest absolute Gasteiger partial charge is 0.321 e. The molecule has 2 N–H and O–H groups in total. The van der Waals surface area contributed by atoms with Crippen molar-refractivity contribution in [3.05, 3.63) is 85.0 Å². The van der Waals surface area contributed by atoms with Crippen LogP contribution in [-0.2, 0) is 4.79 Å². The number of anilines is 2. The van der Waals surface area contributed by atoms with E-state index < -0.39 is 17.6 Å².